The fourth-order valence-electron chi connectivity index (χ4n) is 2.38. The van der Waals surface area contributed by atoms with Crippen LogP contribution in [0.2, 0.25) is 0 Å². The highest BCUT2D eigenvalue weighted by Crippen LogP contribution is 2.23. The summed E-state index contributed by atoms with van der Waals surface area (Å²) in [5.74, 6) is 0. The Kier molecular flexibility index (Phi) is 2.80. The molecule has 3 heterocycles. The van der Waals surface area contributed by atoms with E-state index >= 15 is 0 Å². The van der Waals surface area contributed by atoms with E-state index in [-0.39, 0.29) is 6.04 Å². The first-order chi connectivity index (χ1) is 9.16. The number of hydrogen-bond acceptors (Lipinski definition) is 3. The second kappa shape index (κ2) is 4.48. The van der Waals surface area contributed by atoms with Gasteiger partial charge in [0.1, 0.15) is 5.65 Å². The van der Waals surface area contributed by atoms with Crippen LogP contribution < -0.4 is 5.73 Å². The van der Waals surface area contributed by atoms with Gasteiger partial charge in [0.15, 0.2) is 0 Å². The summed E-state index contributed by atoms with van der Waals surface area (Å²) < 4.78 is 2.07. The highest BCUT2D eigenvalue weighted by atomic mass is 15.0. The first-order valence-electron chi connectivity index (χ1n) is 6.27. The number of aryl methyl sites for hydroxylation is 2. The van der Waals surface area contributed by atoms with Crippen molar-refractivity contribution in [1.82, 2.24) is 14.4 Å². The van der Waals surface area contributed by atoms with Crippen LogP contribution in [0.15, 0.2) is 42.9 Å². The number of rotatable bonds is 2. The average molecular weight is 252 g/mol. The molecule has 19 heavy (non-hydrogen) atoms. The summed E-state index contributed by atoms with van der Waals surface area (Å²) in [5.41, 5.74) is 11.5. The van der Waals surface area contributed by atoms with Gasteiger partial charge in [-0.05, 0) is 37.1 Å². The molecule has 1 unspecified atom stereocenters. The smallest absolute Gasteiger partial charge is 0.137 e. The van der Waals surface area contributed by atoms with E-state index in [9.17, 15) is 0 Å². The van der Waals surface area contributed by atoms with Crippen LogP contribution >= 0.6 is 0 Å². The fraction of sp³-hybridized carbons (Fsp3) is 0.200. The van der Waals surface area contributed by atoms with Gasteiger partial charge in [-0.25, -0.2) is 4.98 Å². The summed E-state index contributed by atoms with van der Waals surface area (Å²) in [6, 6.07) is 7.75. The molecule has 96 valence electrons. The maximum atomic E-state index is 6.38. The van der Waals surface area contributed by atoms with Crippen molar-refractivity contribution in [2.75, 3.05) is 0 Å². The Morgan fingerprint density at radius 3 is 2.79 bits per heavy atom. The third-order valence-corrected chi connectivity index (χ3v) is 3.33. The number of hydrogen-bond donors (Lipinski definition) is 1. The number of aromatic nitrogens is 3. The van der Waals surface area contributed by atoms with E-state index in [0.29, 0.717) is 0 Å². The summed E-state index contributed by atoms with van der Waals surface area (Å²) in [7, 11) is 0. The first kappa shape index (κ1) is 11.9. The minimum Gasteiger partial charge on any atom is -0.319 e. The lowest BCUT2D eigenvalue weighted by Crippen LogP contribution is -2.15. The molecule has 0 bridgehead atoms. The number of nitrogens with zero attached hydrogens (tertiary/aromatic N) is 3. The monoisotopic (exact) mass is 252 g/mol. The van der Waals surface area contributed by atoms with E-state index in [1.807, 2.05) is 25.1 Å². The third-order valence-electron chi connectivity index (χ3n) is 3.33. The summed E-state index contributed by atoms with van der Waals surface area (Å²) in [6.07, 6.45) is 5.63. The average Bonchev–Trinajstić information content (AvgIpc) is 2.74. The van der Waals surface area contributed by atoms with Gasteiger partial charge in [-0.1, -0.05) is 12.1 Å². The molecule has 4 heteroatoms. The van der Waals surface area contributed by atoms with Crippen LogP contribution in [0.1, 0.15) is 28.6 Å². The van der Waals surface area contributed by atoms with E-state index < -0.39 is 0 Å². The van der Waals surface area contributed by atoms with Crippen molar-refractivity contribution < 1.29 is 0 Å². The molecule has 4 nitrogen and oxygen atoms in total. The van der Waals surface area contributed by atoms with Crippen molar-refractivity contribution in [2.24, 2.45) is 5.73 Å². The summed E-state index contributed by atoms with van der Waals surface area (Å²) >= 11 is 0. The fourth-order valence-corrected chi connectivity index (χ4v) is 2.38. The lowest BCUT2D eigenvalue weighted by molar-refractivity contribution is 0.798. The van der Waals surface area contributed by atoms with E-state index in [4.69, 9.17) is 5.73 Å². The molecule has 3 rings (SSSR count). The van der Waals surface area contributed by atoms with E-state index in [2.05, 4.69) is 33.6 Å². The molecular weight excluding hydrogens is 236 g/mol. The summed E-state index contributed by atoms with van der Waals surface area (Å²) in [6.45, 7) is 4.06. The highest BCUT2D eigenvalue weighted by Gasteiger charge is 2.17. The van der Waals surface area contributed by atoms with E-state index in [1.165, 1.54) is 5.56 Å². The zero-order valence-corrected chi connectivity index (χ0v) is 11.0. The number of fused-ring (bicyclic) bond motifs is 1. The quantitative estimate of drug-likeness (QED) is 0.762. The lowest BCUT2D eigenvalue weighted by atomic mass is 10.1. The van der Waals surface area contributed by atoms with Crippen LogP contribution in [0.5, 0.6) is 0 Å². The molecule has 0 aliphatic carbocycles. The Morgan fingerprint density at radius 1 is 1.21 bits per heavy atom. The van der Waals surface area contributed by atoms with Crippen molar-refractivity contribution in [3.05, 3.63) is 65.4 Å². The molecule has 0 saturated carbocycles. The highest BCUT2D eigenvalue weighted by molar-refractivity contribution is 5.46. The van der Waals surface area contributed by atoms with E-state index in [0.717, 1.165) is 22.6 Å². The van der Waals surface area contributed by atoms with Gasteiger partial charge in [-0.2, -0.15) is 0 Å². The second-order valence-corrected chi connectivity index (χ2v) is 4.78. The molecule has 0 aliphatic heterocycles. The van der Waals surface area contributed by atoms with Crippen LogP contribution in [0.25, 0.3) is 5.65 Å². The van der Waals surface area contributed by atoms with Crippen molar-refractivity contribution >= 4 is 5.65 Å². The van der Waals surface area contributed by atoms with Crippen molar-refractivity contribution in [3.63, 3.8) is 0 Å². The Bertz CT molecular complexity index is 716. The van der Waals surface area contributed by atoms with Gasteiger partial charge < -0.3 is 10.1 Å². The number of nitrogens with two attached hydrogens (primary N) is 1. The zero-order chi connectivity index (χ0) is 13.4. The minimum absolute atomic E-state index is 0.217. The molecule has 0 fully saturated rings. The van der Waals surface area contributed by atoms with Crippen molar-refractivity contribution in [3.8, 4) is 0 Å². The molecule has 0 spiro atoms. The molecule has 0 amide bonds. The van der Waals surface area contributed by atoms with Crippen LogP contribution in [-0.4, -0.2) is 14.4 Å². The van der Waals surface area contributed by atoms with Crippen molar-refractivity contribution in [1.29, 1.82) is 0 Å². The molecular formula is C15H16N4. The van der Waals surface area contributed by atoms with Gasteiger partial charge >= 0.3 is 0 Å². The Balaban J connectivity index is 2.19. The standard InChI is InChI=1S/C15H16N4/c1-10-5-6-13-18-11(2)15(19(13)9-10)14(16)12-4-3-7-17-8-12/h3-9,14H,16H2,1-2H3. The van der Waals surface area contributed by atoms with Gasteiger partial charge in [0.25, 0.3) is 0 Å². The van der Waals surface area contributed by atoms with Crippen LogP contribution in [0.4, 0.5) is 0 Å². The maximum Gasteiger partial charge on any atom is 0.137 e. The summed E-state index contributed by atoms with van der Waals surface area (Å²) in [5, 5.41) is 0. The van der Waals surface area contributed by atoms with Crippen LogP contribution in [-0.2, 0) is 0 Å². The van der Waals surface area contributed by atoms with Gasteiger partial charge in [0.05, 0.1) is 17.4 Å². The SMILES string of the molecule is Cc1ccc2nc(C)c(C(N)c3cccnc3)n2c1. The second-order valence-electron chi connectivity index (χ2n) is 4.78. The van der Waals surface area contributed by atoms with Crippen LogP contribution in [0.3, 0.4) is 0 Å². The minimum atomic E-state index is -0.217. The molecule has 3 aromatic rings. The molecule has 3 aromatic heterocycles. The molecule has 0 radical (unpaired) electrons. The largest absolute Gasteiger partial charge is 0.319 e. The maximum absolute atomic E-state index is 6.38. The zero-order valence-electron chi connectivity index (χ0n) is 11.0. The first-order valence-corrected chi connectivity index (χ1v) is 6.27. The normalized spacial score (nSPS) is 12.8. The van der Waals surface area contributed by atoms with E-state index in [1.54, 1.807) is 12.4 Å². The lowest BCUT2D eigenvalue weighted by Gasteiger charge is -2.13. The molecule has 0 saturated heterocycles. The summed E-state index contributed by atoms with van der Waals surface area (Å²) in [4.78, 5) is 8.70. The number of pyridine rings is 2. The molecule has 0 aromatic carbocycles. The Hall–Kier alpha value is -2.20. The topological polar surface area (TPSA) is 56.2 Å². The predicted molar refractivity (Wildman–Crippen MR) is 74.9 cm³/mol. The molecule has 2 N–H and O–H groups in total. The molecule has 1 atom stereocenters. The third kappa shape index (κ3) is 2.00. The van der Waals surface area contributed by atoms with Gasteiger partial charge in [0.2, 0.25) is 0 Å². The molecule has 0 aliphatic rings. The Labute approximate surface area is 111 Å². The van der Waals surface area contributed by atoms with Crippen molar-refractivity contribution in [2.45, 2.75) is 19.9 Å². The van der Waals surface area contributed by atoms with Gasteiger partial charge in [0, 0.05) is 18.6 Å². The Morgan fingerprint density at radius 2 is 2.05 bits per heavy atom. The van der Waals surface area contributed by atoms with Gasteiger partial charge in [-0.3, -0.25) is 4.98 Å². The number of imidazole rings is 1. The predicted octanol–water partition coefficient (Wildman–Crippen LogP) is 2.39. The van der Waals surface area contributed by atoms with Gasteiger partial charge in [-0.15, -0.1) is 0 Å². The van der Waals surface area contributed by atoms with Crippen LogP contribution in [0, 0.1) is 13.8 Å².